The third kappa shape index (κ3) is 3.24. The molecule has 0 saturated carbocycles. The molecule has 0 radical (unpaired) electrons. The van der Waals surface area contributed by atoms with Crippen molar-refractivity contribution in [3.05, 3.63) is 90.5 Å². The molecule has 0 amide bonds. The van der Waals surface area contributed by atoms with Crippen molar-refractivity contribution in [2.24, 2.45) is 0 Å². The van der Waals surface area contributed by atoms with Gasteiger partial charge in [0.25, 0.3) is 0 Å². The standard InChI is InChI=1S/C25H23N3/c1-3-9-19(10-4-1)20-15-17-28(18-16-20)25-22-13-7-8-14-23(22)26-24(27-25)21-11-5-2-6-12-21/h1-14,20H,15-18H2. The van der Waals surface area contributed by atoms with Crippen LogP contribution in [0, 0.1) is 0 Å². The summed E-state index contributed by atoms with van der Waals surface area (Å²) in [6.45, 7) is 2.05. The summed E-state index contributed by atoms with van der Waals surface area (Å²) in [6.07, 6.45) is 2.31. The predicted molar refractivity (Wildman–Crippen MR) is 116 cm³/mol. The second-order valence-corrected chi connectivity index (χ2v) is 7.43. The Morgan fingerprint density at radius 3 is 2.07 bits per heavy atom. The highest BCUT2D eigenvalue weighted by atomic mass is 15.2. The molecule has 0 unspecified atom stereocenters. The summed E-state index contributed by atoms with van der Waals surface area (Å²) in [5.74, 6) is 2.51. The van der Waals surface area contributed by atoms with E-state index >= 15 is 0 Å². The maximum atomic E-state index is 5.01. The fraction of sp³-hybridized carbons (Fsp3) is 0.200. The fourth-order valence-electron chi connectivity index (χ4n) is 4.17. The molecule has 138 valence electrons. The van der Waals surface area contributed by atoms with Crippen molar-refractivity contribution in [1.29, 1.82) is 0 Å². The van der Waals surface area contributed by atoms with Gasteiger partial charge in [-0.25, -0.2) is 9.97 Å². The van der Waals surface area contributed by atoms with Crippen molar-refractivity contribution in [3.8, 4) is 11.4 Å². The van der Waals surface area contributed by atoms with E-state index in [1.807, 2.05) is 18.2 Å². The van der Waals surface area contributed by atoms with Gasteiger partial charge in [-0.15, -0.1) is 0 Å². The maximum Gasteiger partial charge on any atom is 0.162 e. The predicted octanol–water partition coefficient (Wildman–Crippen LogP) is 5.68. The molecule has 5 rings (SSSR count). The highest BCUT2D eigenvalue weighted by Crippen LogP contribution is 2.33. The van der Waals surface area contributed by atoms with Crippen molar-refractivity contribution in [2.45, 2.75) is 18.8 Å². The van der Waals surface area contributed by atoms with Crippen LogP contribution < -0.4 is 4.90 Å². The molecule has 1 saturated heterocycles. The summed E-state index contributed by atoms with van der Waals surface area (Å²) >= 11 is 0. The fourth-order valence-corrected chi connectivity index (χ4v) is 4.17. The minimum absolute atomic E-state index is 0.638. The molecule has 0 spiro atoms. The van der Waals surface area contributed by atoms with Gasteiger partial charge in [-0.1, -0.05) is 72.8 Å². The Morgan fingerprint density at radius 1 is 0.679 bits per heavy atom. The van der Waals surface area contributed by atoms with E-state index in [-0.39, 0.29) is 0 Å². The molecule has 28 heavy (non-hydrogen) atoms. The van der Waals surface area contributed by atoms with E-state index < -0.39 is 0 Å². The lowest BCUT2D eigenvalue weighted by atomic mass is 9.89. The first kappa shape index (κ1) is 16.9. The Balaban J connectivity index is 1.49. The van der Waals surface area contributed by atoms with E-state index in [0.29, 0.717) is 5.92 Å². The molecule has 1 aromatic heterocycles. The number of hydrogen-bond acceptors (Lipinski definition) is 3. The van der Waals surface area contributed by atoms with Crippen LogP contribution in [-0.4, -0.2) is 23.1 Å². The van der Waals surface area contributed by atoms with Gasteiger partial charge in [0.1, 0.15) is 5.82 Å². The number of nitrogens with zero attached hydrogens (tertiary/aromatic N) is 3. The third-order valence-electron chi connectivity index (χ3n) is 5.68. The van der Waals surface area contributed by atoms with E-state index in [4.69, 9.17) is 9.97 Å². The molecule has 3 heteroatoms. The maximum absolute atomic E-state index is 5.01. The zero-order chi connectivity index (χ0) is 18.8. The minimum Gasteiger partial charge on any atom is -0.356 e. The smallest absolute Gasteiger partial charge is 0.162 e. The Labute approximate surface area is 165 Å². The number of rotatable bonds is 3. The molecule has 0 bridgehead atoms. The van der Waals surface area contributed by atoms with Gasteiger partial charge in [-0.3, -0.25) is 0 Å². The molecule has 1 aliphatic heterocycles. The second kappa shape index (κ2) is 7.43. The molecule has 0 atom stereocenters. The number of para-hydroxylation sites is 1. The summed E-state index contributed by atoms with van der Waals surface area (Å²) in [7, 11) is 0. The molecule has 0 aliphatic carbocycles. The normalized spacial score (nSPS) is 15.1. The van der Waals surface area contributed by atoms with Crippen LogP contribution in [0.4, 0.5) is 5.82 Å². The quantitative estimate of drug-likeness (QED) is 0.468. The molecule has 4 aromatic rings. The van der Waals surface area contributed by atoms with Gasteiger partial charge in [0, 0.05) is 24.0 Å². The summed E-state index contributed by atoms with van der Waals surface area (Å²) < 4.78 is 0. The Kier molecular flexibility index (Phi) is 4.50. The van der Waals surface area contributed by atoms with Gasteiger partial charge in [0.15, 0.2) is 5.82 Å². The average Bonchev–Trinajstić information content (AvgIpc) is 2.80. The number of aromatic nitrogens is 2. The molecule has 3 aromatic carbocycles. The highest BCUT2D eigenvalue weighted by molar-refractivity contribution is 5.91. The number of piperidine rings is 1. The number of hydrogen-bond donors (Lipinski definition) is 0. The van der Waals surface area contributed by atoms with Crippen LogP contribution in [0.3, 0.4) is 0 Å². The summed E-state index contributed by atoms with van der Waals surface area (Å²) in [6, 6.07) is 29.5. The van der Waals surface area contributed by atoms with Gasteiger partial charge < -0.3 is 4.90 Å². The zero-order valence-corrected chi connectivity index (χ0v) is 15.8. The van der Waals surface area contributed by atoms with E-state index in [2.05, 4.69) is 71.6 Å². The first-order valence-corrected chi connectivity index (χ1v) is 10.0. The molecule has 1 aliphatic rings. The summed E-state index contributed by atoms with van der Waals surface area (Å²) in [5.41, 5.74) is 3.53. The monoisotopic (exact) mass is 365 g/mol. The molecular weight excluding hydrogens is 342 g/mol. The Hall–Kier alpha value is -3.20. The van der Waals surface area contributed by atoms with Crippen molar-refractivity contribution in [2.75, 3.05) is 18.0 Å². The topological polar surface area (TPSA) is 29.0 Å². The molecule has 0 N–H and O–H groups in total. The van der Waals surface area contributed by atoms with Crippen LogP contribution in [0.2, 0.25) is 0 Å². The third-order valence-corrected chi connectivity index (χ3v) is 5.68. The van der Waals surface area contributed by atoms with Gasteiger partial charge in [-0.2, -0.15) is 0 Å². The van der Waals surface area contributed by atoms with E-state index in [0.717, 1.165) is 54.0 Å². The minimum atomic E-state index is 0.638. The van der Waals surface area contributed by atoms with E-state index in [9.17, 15) is 0 Å². The van der Waals surface area contributed by atoms with Crippen LogP contribution >= 0.6 is 0 Å². The van der Waals surface area contributed by atoms with Crippen molar-refractivity contribution >= 4 is 16.7 Å². The largest absolute Gasteiger partial charge is 0.356 e. The Bertz CT molecular complexity index is 1070. The first-order valence-electron chi connectivity index (χ1n) is 10.0. The van der Waals surface area contributed by atoms with Gasteiger partial charge in [0.05, 0.1) is 5.52 Å². The lowest BCUT2D eigenvalue weighted by Gasteiger charge is -2.33. The van der Waals surface area contributed by atoms with Crippen LogP contribution in [0.5, 0.6) is 0 Å². The lowest BCUT2D eigenvalue weighted by Crippen LogP contribution is -2.33. The molecule has 1 fully saturated rings. The highest BCUT2D eigenvalue weighted by Gasteiger charge is 2.23. The van der Waals surface area contributed by atoms with E-state index in [1.54, 1.807) is 0 Å². The van der Waals surface area contributed by atoms with Crippen molar-refractivity contribution in [1.82, 2.24) is 9.97 Å². The van der Waals surface area contributed by atoms with Crippen molar-refractivity contribution < 1.29 is 0 Å². The van der Waals surface area contributed by atoms with E-state index in [1.165, 1.54) is 5.56 Å². The Morgan fingerprint density at radius 2 is 1.32 bits per heavy atom. The number of benzene rings is 3. The van der Waals surface area contributed by atoms with Gasteiger partial charge in [-0.05, 0) is 36.5 Å². The molecule has 2 heterocycles. The SMILES string of the molecule is c1ccc(-c2nc(N3CCC(c4ccccc4)CC3)c3ccccc3n2)cc1. The summed E-state index contributed by atoms with van der Waals surface area (Å²) in [5, 5.41) is 1.14. The first-order chi connectivity index (χ1) is 13.9. The molecular formula is C25H23N3. The van der Waals surface area contributed by atoms with Gasteiger partial charge >= 0.3 is 0 Å². The average molecular weight is 365 g/mol. The number of fused-ring (bicyclic) bond motifs is 1. The van der Waals surface area contributed by atoms with Crippen LogP contribution in [0.1, 0.15) is 24.3 Å². The van der Waals surface area contributed by atoms with Crippen LogP contribution in [0.15, 0.2) is 84.9 Å². The van der Waals surface area contributed by atoms with Crippen molar-refractivity contribution in [3.63, 3.8) is 0 Å². The van der Waals surface area contributed by atoms with Gasteiger partial charge in [0.2, 0.25) is 0 Å². The lowest BCUT2D eigenvalue weighted by molar-refractivity contribution is 0.503. The summed E-state index contributed by atoms with van der Waals surface area (Å²) in [4.78, 5) is 12.3. The molecule has 3 nitrogen and oxygen atoms in total. The second-order valence-electron chi connectivity index (χ2n) is 7.43. The van der Waals surface area contributed by atoms with Crippen LogP contribution in [0.25, 0.3) is 22.3 Å². The van der Waals surface area contributed by atoms with Crippen LogP contribution in [-0.2, 0) is 0 Å². The zero-order valence-electron chi connectivity index (χ0n) is 15.8. The number of anilines is 1.